The van der Waals surface area contributed by atoms with Gasteiger partial charge < -0.3 is 9.64 Å². The Hall–Kier alpha value is -4.47. The van der Waals surface area contributed by atoms with Crippen molar-refractivity contribution in [2.24, 2.45) is 14.1 Å². The third-order valence-electron chi connectivity index (χ3n) is 6.89. The number of hydrogen-bond acceptors (Lipinski definition) is 6. The second-order valence-electron chi connectivity index (χ2n) is 10.8. The Bertz CT molecular complexity index is 1750. The van der Waals surface area contributed by atoms with Crippen molar-refractivity contribution in [3.63, 3.8) is 0 Å². The molecule has 1 saturated heterocycles. The minimum atomic E-state index is -0.568. The summed E-state index contributed by atoms with van der Waals surface area (Å²) in [5.41, 5.74) is 5.41. The maximum atomic E-state index is 13.3. The van der Waals surface area contributed by atoms with Gasteiger partial charge in [-0.3, -0.25) is 23.8 Å². The first-order valence-electron chi connectivity index (χ1n) is 12.5. The molecule has 6 rings (SSSR count). The van der Waals surface area contributed by atoms with E-state index in [0.717, 1.165) is 44.3 Å². The number of carbonyl (C=O) groups is 1. The number of aryl methyl sites for hydroxylation is 2. The zero-order valence-corrected chi connectivity index (χ0v) is 22.0. The van der Waals surface area contributed by atoms with E-state index in [-0.39, 0.29) is 17.8 Å². The molecular weight excluding hydrogens is 482 g/mol. The summed E-state index contributed by atoms with van der Waals surface area (Å²) < 4.78 is 10.7. The Morgan fingerprint density at radius 2 is 1.74 bits per heavy atom. The van der Waals surface area contributed by atoms with Gasteiger partial charge in [0.1, 0.15) is 5.60 Å². The van der Waals surface area contributed by atoms with Gasteiger partial charge in [0.05, 0.1) is 40.7 Å². The highest BCUT2D eigenvalue weighted by Crippen LogP contribution is 2.32. The van der Waals surface area contributed by atoms with Crippen molar-refractivity contribution in [3.05, 3.63) is 65.6 Å². The summed E-state index contributed by atoms with van der Waals surface area (Å²) in [4.78, 5) is 36.7. The van der Waals surface area contributed by atoms with E-state index < -0.39 is 5.60 Å². The molecule has 1 amide bonds. The van der Waals surface area contributed by atoms with Crippen LogP contribution in [-0.4, -0.2) is 58.6 Å². The number of amides is 1. The van der Waals surface area contributed by atoms with Gasteiger partial charge in [0.25, 0.3) is 0 Å². The van der Waals surface area contributed by atoms with E-state index in [0.29, 0.717) is 13.1 Å². The van der Waals surface area contributed by atoms with Gasteiger partial charge in [-0.2, -0.15) is 5.10 Å². The first kappa shape index (κ1) is 23.9. The average Bonchev–Trinajstić information content (AvgIpc) is 3.39. The molecule has 1 aliphatic rings. The predicted molar refractivity (Wildman–Crippen MR) is 145 cm³/mol. The normalized spacial score (nSPS) is 14.3. The van der Waals surface area contributed by atoms with Crippen LogP contribution in [-0.2, 0) is 18.8 Å². The Labute approximate surface area is 219 Å². The highest BCUT2D eigenvalue weighted by molar-refractivity contribution is 6.04. The Morgan fingerprint density at radius 1 is 0.974 bits per heavy atom. The number of hydrogen-bond donors (Lipinski definition) is 0. The SMILES string of the molecule is Cn1cc(-c2ccc(-c3ccc4ncc5c(c4c3)n(C3CN(C(=O)OC(C)(C)C)C3)c(=O)n5C)cn2)cn1. The maximum Gasteiger partial charge on any atom is 0.410 e. The van der Waals surface area contributed by atoms with Crippen molar-refractivity contribution in [3.8, 4) is 22.4 Å². The third kappa shape index (κ3) is 4.02. The summed E-state index contributed by atoms with van der Waals surface area (Å²) in [5.74, 6) is 0. The van der Waals surface area contributed by atoms with Gasteiger partial charge in [-0.25, -0.2) is 9.59 Å². The lowest BCUT2D eigenvalue weighted by Crippen LogP contribution is -2.53. The monoisotopic (exact) mass is 511 g/mol. The third-order valence-corrected chi connectivity index (χ3v) is 6.89. The van der Waals surface area contributed by atoms with Crippen LogP contribution in [0, 0.1) is 0 Å². The van der Waals surface area contributed by atoms with E-state index in [2.05, 4.69) is 21.1 Å². The van der Waals surface area contributed by atoms with Crippen LogP contribution < -0.4 is 5.69 Å². The summed E-state index contributed by atoms with van der Waals surface area (Å²) in [6.07, 6.45) is 6.95. The van der Waals surface area contributed by atoms with E-state index in [4.69, 9.17) is 4.74 Å². The predicted octanol–water partition coefficient (Wildman–Crippen LogP) is 4.14. The molecule has 0 atom stereocenters. The van der Waals surface area contributed by atoms with Gasteiger partial charge in [0.2, 0.25) is 0 Å². The molecule has 0 radical (unpaired) electrons. The van der Waals surface area contributed by atoms with E-state index in [1.807, 2.05) is 64.5 Å². The highest BCUT2D eigenvalue weighted by atomic mass is 16.6. The minimum absolute atomic E-state index is 0.129. The molecule has 10 nitrogen and oxygen atoms in total. The number of imidazole rings is 1. The zero-order chi connectivity index (χ0) is 26.8. The number of ether oxygens (including phenoxy) is 1. The number of pyridine rings is 2. The Morgan fingerprint density at radius 3 is 2.39 bits per heavy atom. The van der Waals surface area contributed by atoms with Crippen LogP contribution in [0.1, 0.15) is 26.8 Å². The van der Waals surface area contributed by atoms with Crippen LogP contribution in [0.25, 0.3) is 44.3 Å². The van der Waals surface area contributed by atoms with Gasteiger partial charge in [-0.05, 0) is 44.5 Å². The summed E-state index contributed by atoms with van der Waals surface area (Å²) >= 11 is 0. The first-order valence-corrected chi connectivity index (χ1v) is 12.5. The van der Waals surface area contributed by atoms with Crippen LogP contribution in [0.15, 0.2) is 59.9 Å². The van der Waals surface area contributed by atoms with E-state index in [1.165, 1.54) is 0 Å². The molecule has 38 heavy (non-hydrogen) atoms. The van der Waals surface area contributed by atoms with Crippen molar-refractivity contribution in [2.45, 2.75) is 32.4 Å². The number of likely N-dealkylation sites (tertiary alicyclic amines) is 1. The average molecular weight is 512 g/mol. The van der Waals surface area contributed by atoms with Crippen molar-refractivity contribution in [1.29, 1.82) is 0 Å². The fourth-order valence-corrected chi connectivity index (χ4v) is 4.93. The van der Waals surface area contributed by atoms with E-state index in [9.17, 15) is 9.59 Å². The van der Waals surface area contributed by atoms with Gasteiger partial charge in [-0.15, -0.1) is 0 Å². The minimum Gasteiger partial charge on any atom is -0.444 e. The number of carbonyl (C=O) groups excluding carboxylic acids is 1. The maximum absolute atomic E-state index is 13.3. The number of benzene rings is 1. The molecule has 0 N–H and O–H groups in total. The molecule has 0 bridgehead atoms. The molecular formula is C28H29N7O3. The smallest absolute Gasteiger partial charge is 0.410 e. The Kier molecular flexibility index (Phi) is 5.37. The number of rotatable bonds is 3. The molecule has 1 aliphatic heterocycles. The molecule has 10 heteroatoms. The van der Waals surface area contributed by atoms with Gasteiger partial charge in [0.15, 0.2) is 0 Å². The van der Waals surface area contributed by atoms with Crippen LogP contribution >= 0.6 is 0 Å². The quantitative estimate of drug-likeness (QED) is 0.361. The summed E-state index contributed by atoms with van der Waals surface area (Å²) in [6, 6.07) is 9.91. The van der Waals surface area contributed by atoms with Gasteiger partial charge >= 0.3 is 11.8 Å². The van der Waals surface area contributed by atoms with E-state index >= 15 is 0 Å². The molecule has 1 aromatic carbocycles. The zero-order valence-electron chi connectivity index (χ0n) is 22.0. The van der Waals surface area contributed by atoms with Crippen LogP contribution in [0.2, 0.25) is 0 Å². The van der Waals surface area contributed by atoms with E-state index in [1.54, 1.807) is 38.2 Å². The molecule has 1 fully saturated rings. The number of fused-ring (bicyclic) bond motifs is 3. The number of aromatic nitrogens is 6. The summed E-state index contributed by atoms with van der Waals surface area (Å²) in [5, 5.41) is 5.10. The molecule has 0 spiro atoms. The van der Waals surface area contributed by atoms with Crippen LogP contribution in [0.5, 0.6) is 0 Å². The second-order valence-corrected chi connectivity index (χ2v) is 10.8. The van der Waals surface area contributed by atoms with Crippen molar-refractivity contribution in [2.75, 3.05) is 13.1 Å². The second kappa shape index (κ2) is 8.54. The fraction of sp³-hybridized carbons (Fsp3) is 0.321. The van der Waals surface area contributed by atoms with Crippen LogP contribution in [0.3, 0.4) is 0 Å². The summed E-state index contributed by atoms with van der Waals surface area (Å²) in [7, 11) is 3.63. The standard InChI is InChI=1S/C28H29N7O3/c1-28(2,3)38-27(37)34-15-20(16-34)35-25-21-10-17(6-9-23(21)30-13-24(25)33(5)26(35)36)18-7-8-22(29-11-18)19-12-31-32(4)14-19/h6-14,20H,15-16H2,1-5H3. The lowest BCUT2D eigenvalue weighted by atomic mass is 10.0. The molecule has 0 saturated carbocycles. The molecule has 0 aliphatic carbocycles. The van der Waals surface area contributed by atoms with Crippen molar-refractivity contribution < 1.29 is 9.53 Å². The fourth-order valence-electron chi connectivity index (χ4n) is 4.93. The lowest BCUT2D eigenvalue weighted by Gasteiger charge is -2.40. The lowest BCUT2D eigenvalue weighted by molar-refractivity contribution is 0.00112. The molecule has 4 aromatic heterocycles. The van der Waals surface area contributed by atoms with Gasteiger partial charge in [0, 0.05) is 56.1 Å². The molecule has 5 heterocycles. The van der Waals surface area contributed by atoms with Crippen molar-refractivity contribution >= 4 is 28.0 Å². The largest absolute Gasteiger partial charge is 0.444 e. The molecule has 194 valence electrons. The molecule has 5 aromatic rings. The van der Waals surface area contributed by atoms with Gasteiger partial charge in [-0.1, -0.05) is 12.1 Å². The first-order chi connectivity index (χ1) is 18.1. The van der Waals surface area contributed by atoms with Crippen molar-refractivity contribution in [1.82, 2.24) is 33.8 Å². The summed E-state index contributed by atoms with van der Waals surface area (Å²) in [6.45, 7) is 6.36. The van der Waals surface area contributed by atoms with Crippen LogP contribution in [0.4, 0.5) is 4.79 Å². The topological polar surface area (TPSA) is 100 Å². The molecule has 0 unspecified atom stereocenters. The highest BCUT2D eigenvalue weighted by Gasteiger charge is 2.37. The Balaban J connectivity index is 1.38. The number of nitrogens with zero attached hydrogens (tertiary/aromatic N) is 7.